The fourth-order valence-corrected chi connectivity index (χ4v) is 2.38. The number of anilines is 4. The number of nitrogens with one attached hydrogen (secondary N) is 2. The second kappa shape index (κ2) is 4.53. The van der Waals surface area contributed by atoms with Gasteiger partial charge in [0.25, 0.3) is 0 Å². The third kappa shape index (κ3) is 3.96. The van der Waals surface area contributed by atoms with Gasteiger partial charge in [0.1, 0.15) is 0 Å². The first-order chi connectivity index (χ1) is 7.99. The summed E-state index contributed by atoms with van der Waals surface area (Å²) in [7, 11) is -7.18. The zero-order valence-corrected chi connectivity index (χ0v) is 11.4. The number of nitrogen functional groups attached to an aromatic ring is 2. The van der Waals surface area contributed by atoms with Crippen molar-refractivity contribution in [2.75, 3.05) is 33.4 Å². The van der Waals surface area contributed by atoms with Crippen molar-refractivity contribution in [1.82, 2.24) is 0 Å². The predicted octanol–water partition coefficient (Wildman–Crippen LogP) is -0.406. The normalized spacial score (nSPS) is 12.1. The molecule has 0 atom stereocenters. The molecule has 0 aliphatic carbocycles. The SMILES string of the molecule is CS(=O)(=O)Nc1ccc(N)c(N)c1NS(C)(=O)=O. The molecule has 0 aromatic heterocycles. The van der Waals surface area contributed by atoms with Gasteiger partial charge in [0, 0.05) is 0 Å². The van der Waals surface area contributed by atoms with E-state index in [1.165, 1.54) is 12.1 Å². The van der Waals surface area contributed by atoms with E-state index in [-0.39, 0.29) is 22.7 Å². The smallest absolute Gasteiger partial charge is 0.229 e. The van der Waals surface area contributed by atoms with Gasteiger partial charge in [-0.3, -0.25) is 9.44 Å². The van der Waals surface area contributed by atoms with E-state index in [0.29, 0.717) is 0 Å². The van der Waals surface area contributed by atoms with E-state index >= 15 is 0 Å². The van der Waals surface area contributed by atoms with E-state index in [4.69, 9.17) is 11.5 Å². The minimum Gasteiger partial charge on any atom is -0.397 e. The Kier molecular flexibility index (Phi) is 3.62. The molecule has 102 valence electrons. The lowest BCUT2D eigenvalue weighted by molar-refractivity contribution is 0.604. The summed E-state index contributed by atoms with van der Waals surface area (Å²) in [5.41, 5.74) is 11.2. The number of nitrogens with two attached hydrogens (primary N) is 2. The fourth-order valence-electron chi connectivity index (χ4n) is 1.22. The highest BCUT2D eigenvalue weighted by Crippen LogP contribution is 2.34. The lowest BCUT2D eigenvalue weighted by Crippen LogP contribution is -2.17. The maximum atomic E-state index is 11.2. The van der Waals surface area contributed by atoms with Gasteiger partial charge in [-0.2, -0.15) is 0 Å². The molecule has 0 radical (unpaired) electrons. The summed E-state index contributed by atoms with van der Waals surface area (Å²) in [6, 6.07) is 2.69. The van der Waals surface area contributed by atoms with Crippen LogP contribution in [0, 0.1) is 0 Å². The molecule has 0 bridgehead atoms. The molecule has 1 rings (SSSR count). The molecule has 1 aromatic carbocycles. The van der Waals surface area contributed by atoms with E-state index in [1.54, 1.807) is 0 Å². The van der Waals surface area contributed by atoms with E-state index in [9.17, 15) is 16.8 Å². The van der Waals surface area contributed by atoms with Gasteiger partial charge in [-0.1, -0.05) is 0 Å². The third-order valence-electron chi connectivity index (χ3n) is 1.86. The lowest BCUT2D eigenvalue weighted by atomic mass is 10.2. The second-order valence-corrected chi connectivity index (χ2v) is 7.24. The van der Waals surface area contributed by atoms with Gasteiger partial charge >= 0.3 is 0 Å². The Hall–Kier alpha value is -1.68. The number of hydrogen-bond acceptors (Lipinski definition) is 6. The van der Waals surface area contributed by atoms with Crippen molar-refractivity contribution in [1.29, 1.82) is 0 Å². The van der Waals surface area contributed by atoms with Crippen molar-refractivity contribution < 1.29 is 16.8 Å². The van der Waals surface area contributed by atoms with Gasteiger partial charge in [-0.25, -0.2) is 16.8 Å². The molecule has 0 aliphatic heterocycles. The molecule has 0 heterocycles. The first-order valence-electron chi connectivity index (χ1n) is 4.63. The zero-order valence-electron chi connectivity index (χ0n) is 9.76. The molecule has 0 amide bonds. The monoisotopic (exact) mass is 294 g/mol. The Morgan fingerprint density at radius 1 is 0.944 bits per heavy atom. The van der Waals surface area contributed by atoms with Crippen molar-refractivity contribution >= 4 is 42.8 Å². The first-order valence-corrected chi connectivity index (χ1v) is 8.41. The Morgan fingerprint density at radius 2 is 1.44 bits per heavy atom. The minimum absolute atomic E-state index is 0.00891. The molecular formula is C8H14N4O4S2. The average Bonchev–Trinajstić information content (AvgIpc) is 2.14. The highest BCUT2D eigenvalue weighted by atomic mass is 32.2. The quantitative estimate of drug-likeness (QED) is 0.556. The summed E-state index contributed by atoms with van der Waals surface area (Å²) in [6.07, 6.45) is 1.85. The van der Waals surface area contributed by atoms with Crippen LogP contribution in [0.15, 0.2) is 12.1 Å². The van der Waals surface area contributed by atoms with Crippen LogP contribution in [-0.2, 0) is 20.0 Å². The van der Waals surface area contributed by atoms with Crippen LogP contribution < -0.4 is 20.9 Å². The standard InChI is InChI=1S/C8H14N4O4S2/c1-17(13,14)11-6-4-3-5(9)7(10)8(6)12-18(2,15)16/h3-4,11-12H,9-10H2,1-2H3. The Bertz CT molecular complexity index is 667. The number of benzene rings is 1. The van der Waals surface area contributed by atoms with Gasteiger partial charge in [-0.15, -0.1) is 0 Å². The molecule has 8 nitrogen and oxygen atoms in total. The van der Waals surface area contributed by atoms with Crippen molar-refractivity contribution in [3.63, 3.8) is 0 Å². The van der Waals surface area contributed by atoms with Gasteiger partial charge < -0.3 is 11.5 Å². The van der Waals surface area contributed by atoms with Crippen molar-refractivity contribution in [3.05, 3.63) is 12.1 Å². The molecule has 0 spiro atoms. The maximum Gasteiger partial charge on any atom is 0.229 e. The Labute approximate surface area is 105 Å². The topological polar surface area (TPSA) is 144 Å². The van der Waals surface area contributed by atoms with Crippen LogP contribution in [0.2, 0.25) is 0 Å². The van der Waals surface area contributed by atoms with Gasteiger partial charge in [-0.05, 0) is 12.1 Å². The van der Waals surface area contributed by atoms with Crippen LogP contribution in [0.4, 0.5) is 22.7 Å². The summed E-state index contributed by atoms with van der Waals surface area (Å²) in [5, 5.41) is 0. The molecule has 0 fully saturated rings. The van der Waals surface area contributed by atoms with Gasteiger partial charge in [0.05, 0.1) is 35.3 Å². The first kappa shape index (κ1) is 14.4. The Morgan fingerprint density at radius 3 is 1.89 bits per heavy atom. The lowest BCUT2D eigenvalue weighted by Gasteiger charge is -2.15. The third-order valence-corrected chi connectivity index (χ3v) is 3.03. The molecule has 6 N–H and O–H groups in total. The summed E-state index contributed by atoms with van der Waals surface area (Å²) in [4.78, 5) is 0. The van der Waals surface area contributed by atoms with Crippen LogP contribution in [0.25, 0.3) is 0 Å². The average molecular weight is 294 g/mol. The van der Waals surface area contributed by atoms with Crippen LogP contribution in [-0.4, -0.2) is 29.3 Å². The largest absolute Gasteiger partial charge is 0.397 e. The molecule has 0 saturated heterocycles. The van der Waals surface area contributed by atoms with Crippen molar-refractivity contribution in [3.8, 4) is 0 Å². The molecular weight excluding hydrogens is 280 g/mol. The minimum atomic E-state index is -3.61. The summed E-state index contributed by atoms with van der Waals surface area (Å²) in [5.74, 6) is 0. The molecule has 10 heteroatoms. The van der Waals surface area contributed by atoms with E-state index in [0.717, 1.165) is 12.5 Å². The van der Waals surface area contributed by atoms with E-state index in [1.807, 2.05) is 0 Å². The number of sulfonamides is 2. The number of rotatable bonds is 4. The summed E-state index contributed by atoms with van der Waals surface area (Å²) >= 11 is 0. The Balaban J connectivity index is 3.39. The van der Waals surface area contributed by atoms with E-state index < -0.39 is 20.0 Å². The molecule has 0 saturated carbocycles. The fraction of sp³-hybridized carbons (Fsp3) is 0.250. The van der Waals surface area contributed by atoms with Crippen molar-refractivity contribution in [2.45, 2.75) is 0 Å². The summed E-state index contributed by atoms with van der Waals surface area (Å²) in [6.45, 7) is 0. The second-order valence-electron chi connectivity index (χ2n) is 3.74. The van der Waals surface area contributed by atoms with E-state index in [2.05, 4.69) is 9.44 Å². The highest BCUT2D eigenvalue weighted by molar-refractivity contribution is 7.92. The predicted molar refractivity (Wildman–Crippen MR) is 72.2 cm³/mol. The van der Waals surface area contributed by atoms with Crippen LogP contribution in [0.3, 0.4) is 0 Å². The molecule has 0 unspecified atom stereocenters. The molecule has 1 aromatic rings. The molecule has 18 heavy (non-hydrogen) atoms. The van der Waals surface area contributed by atoms with Gasteiger partial charge in [0.2, 0.25) is 20.0 Å². The van der Waals surface area contributed by atoms with Crippen LogP contribution >= 0.6 is 0 Å². The molecule has 0 aliphatic rings. The van der Waals surface area contributed by atoms with Crippen molar-refractivity contribution in [2.24, 2.45) is 0 Å². The highest BCUT2D eigenvalue weighted by Gasteiger charge is 2.15. The van der Waals surface area contributed by atoms with Crippen LogP contribution in [0.5, 0.6) is 0 Å². The summed E-state index contributed by atoms with van der Waals surface area (Å²) < 4.78 is 49.0. The number of hydrogen-bond donors (Lipinski definition) is 4. The maximum absolute atomic E-state index is 11.2. The van der Waals surface area contributed by atoms with Gasteiger partial charge in [0.15, 0.2) is 0 Å². The van der Waals surface area contributed by atoms with Crippen LogP contribution in [0.1, 0.15) is 0 Å². The zero-order chi connectivity index (χ0) is 14.1.